The quantitative estimate of drug-likeness (QED) is 0.131. The lowest BCUT2D eigenvalue weighted by Gasteiger charge is -2.18. The third-order valence-electron chi connectivity index (χ3n) is 12.5. The van der Waals surface area contributed by atoms with Crippen molar-refractivity contribution in [1.29, 1.82) is 0 Å². The highest BCUT2D eigenvalue weighted by atomic mass is 16.3. The van der Waals surface area contributed by atoms with E-state index in [4.69, 9.17) is 4.42 Å². The first-order chi connectivity index (χ1) is 28.8. The monoisotopic (exact) mass is 735 g/mol. The van der Waals surface area contributed by atoms with Crippen molar-refractivity contribution in [2.45, 2.75) is 0 Å². The Hall–Kier alpha value is -7.68. The number of fused-ring (bicyclic) bond motifs is 14. The minimum Gasteiger partial charge on any atom is -0.456 e. The summed E-state index contributed by atoms with van der Waals surface area (Å²) in [6.07, 6.45) is 0. The molecule has 0 radical (unpaired) electrons. The highest BCUT2D eigenvalue weighted by molar-refractivity contribution is 6.29. The van der Waals surface area contributed by atoms with Crippen molar-refractivity contribution in [1.82, 2.24) is 4.57 Å². The largest absolute Gasteiger partial charge is 0.456 e. The molecule has 0 N–H and O–H groups in total. The Balaban J connectivity index is 1.06. The molecule has 2 nitrogen and oxygen atoms in total. The fourth-order valence-corrected chi connectivity index (χ4v) is 10.1. The molecule has 13 rings (SSSR count). The summed E-state index contributed by atoms with van der Waals surface area (Å²) in [5.74, 6) is 0. The van der Waals surface area contributed by atoms with Crippen LogP contribution < -0.4 is 0 Å². The van der Waals surface area contributed by atoms with E-state index in [1.54, 1.807) is 0 Å². The molecule has 2 heteroatoms. The zero-order valence-corrected chi connectivity index (χ0v) is 31.4. The highest BCUT2D eigenvalue weighted by Gasteiger charge is 2.20. The molecular formula is C56H33NO. The van der Waals surface area contributed by atoms with E-state index in [1.807, 2.05) is 0 Å². The molecule has 13 aromatic rings. The van der Waals surface area contributed by atoms with Crippen LogP contribution in [-0.4, -0.2) is 4.57 Å². The molecule has 0 spiro atoms. The molecule has 0 unspecified atom stereocenters. The lowest BCUT2D eigenvalue weighted by atomic mass is 9.85. The second kappa shape index (κ2) is 11.9. The molecule has 2 aromatic heterocycles. The number of hydrogen-bond acceptors (Lipinski definition) is 1. The first-order valence-electron chi connectivity index (χ1n) is 20.0. The number of nitrogens with zero attached hydrogens (tertiary/aromatic N) is 1. The Morgan fingerprint density at radius 3 is 1.29 bits per heavy atom. The van der Waals surface area contributed by atoms with Gasteiger partial charge in [0.1, 0.15) is 11.2 Å². The Bertz CT molecular complexity index is 3790. The first-order valence-corrected chi connectivity index (χ1v) is 20.0. The van der Waals surface area contributed by atoms with Gasteiger partial charge < -0.3 is 8.98 Å². The van der Waals surface area contributed by atoms with Crippen molar-refractivity contribution in [3.63, 3.8) is 0 Å². The van der Waals surface area contributed by atoms with Crippen LogP contribution in [0.15, 0.2) is 205 Å². The van der Waals surface area contributed by atoms with Gasteiger partial charge in [0.2, 0.25) is 0 Å². The molecule has 2 heterocycles. The summed E-state index contributed by atoms with van der Waals surface area (Å²) in [6.45, 7) is 0. The molecule has 268 valence electrons. The van der Waals surface area contributed by atoms with Gasteiger partial charge in [-0.3, -0.25) is 0 Å². The van der Waals surface area contributed by atoms with Gasteiger partial charge in [-0.1, -0.05) is 146 Å². The third-order valence-corrected chi connectivity index (χ3v) is 12.5. The Kier molecular flexibility index (Phi) is 6.47. The van der Waals surface area contributed by atoms with Crippen molar-refractivity contribution in [2.24, 2.45) is 0 Å². The van der Waals surface area contributed by atoms with Crippen LogP contribution >= 0.6 is 0 Å². The van der Waals surface area contributed by atoms with E-state index >= 15 is 0 Å². The van der Waals surface area contributed by atoms with E-state index in [2.05, 4.69) is 205 Å². The maximum atomic E-state index is 6.66. The number of hydrogen-bond donors (Lipinski definition) is 0. The lowest BCUT2D eigenvalue weighted by Crippen LogP contribution is -1.93. The number of para-hydroxylation sites is 2. The second-order valence-electron chi connectivity index (χ2n) is 15.6. The molecule has 0 atom stereocenters. The zero-order valence-electron chi connectivity index (χ0n) is 31.4. The van der Waals surface area contributed by atoms with Gasteiger partial charge in [0.05, 0.1) is 11.0 Å². The molecule has 58 heavy (non-hydrogen) atoms. The van der Waals surface area contributed by atoms with E-state index in [1.165, 1.54) is 104 Å². The Labute approximate surface area is 333 Å². The van der Waals surface area contributed by atoms with Gasteiger partial charge in [-0.25, -0.2) is 0 Å². The topological polar surface area (TPSA) is 18.1 Å². The molecule has 0 saturated carbocycles. The molecule has 0 bridgehead atoms. The zero-order chi connectivity index (χ0) is 37.9. The average Bonchev–Trinajstić information content (AvgIpc) is 3.82. The van der Waals surface area contributed by atoms with Crippen LogP contribution in [0.2, 0.25) is 0 Å². The van der Waals surface area contributed by atoms with Gasteiger partial charge in [-0.2, -0.15) is 0 Å². The van der Waals surface area contributed by atoms with Gasteiger partial charge in [0, 0.05) is 27.2 Å². The normalized spacial score (nSPS) is 12.1. The molecular weight excluding hydrogens is 703 g/mol. The molecule has 0 amide bonds. The predicted molar refractivity (Wildman–Crippen MR) is 246 cm³/mol. The second-order valence-corrected chi connectivity index (χ2v) is 15.6. The maximum Gasteiger partial charge on any atom is 0.136 e. The fourth-order valence-electron chi connectivity index (χ4n) is 10.1. The maximum absolute atomic E-state index is 6.66. The molecule has 0 aliphatic carbocycles. The smallest absolute Gasteiger partial charge is 0.136 e. The van der Waals surface area contributed by atoms with Crippen molar-refractivity contribution >= 4 is 97.6 Å². The van der Waals surface area contributed by atoms with E-state index < -0.39 is 0 Å². The van der Waals surface area contributed by atoms with E-state index in [9.17, 15) is 0 Å². The van der Waals surface area contributed by atoms with Crippen LogP contribution in [0.25, 0.3) is 126 Å². The Morgan fingerprint density at radius 1 is 0.259 bits per heavy atom. The SMILES string of the molecule is c1ccc(-n2c3ccccc3c3cc(-c4c5ccccc5c(-c5ccc6oc7cc8c9ccccc9c9ccccc9c8cc7c6c5)c5ccccc45)ccc32)cc1. The molecule has 0 saturated heterocycles. The van der Waals surface area contributed by atoms with Gasteiger partial charge in [-0.15, -0.1) is 0 Å². The minimum atomic E-state index is 0.899. The summed E-state index contributed by atoms with van der Waals surface area (Å²) >= 11 is 0. The summed E-state index contributed by atoms with van der Waals surface area (Å²) < 4.78 is 9.04. The standard InChI is InChI=1S/C56H33NO/c1-2-14-36(15-3-1)57-51-25-13-12-20-41(51)48-30-34(26-28-52(48)57)55-42-21-8-10-23-44(42)56(45-24-11-9-22-43(45)55)35-27-29-53-49(31-35)50-32-46-39-18-6-4-16-37(39)38-17-5-7-19-40(38)47(46)33-54(50)58-53/h1-33H. The van der Waals surface area contributed by atoms with Crippen molar-refractivity contribution in [3.05, 3.63) is 200 Å². The fraction of sp³-hybridized carbons (Fsp3) is 0. The average molecular weight is 736 g/mol. The number of rotatable bonds is 3. The lowest BCUT2D eigenvalue weighted by molar-refractivity contribution is 0.669. The molecule has 0 fully saturated rings. The summed E-state index contributed by atoms with van der Waals surface area (Å²) in [7, 11) is 0. The molecule has 11 aromatic carbocycles. The van der Waals surface area contributed by atoms with Gasteiger partial charge in [-0.05, 0) is 131 Å². The van der Waals surface area contributed by atoms with Crippen molar-refractivity contribution in [2.75, 3.05) is 0 Å². The summed E-state index contributed by atoms with van der Waals surface area (Å²) in [5.41, 5.74) is 10.3. The third kappa shape index (κ3) is 4.37. The molecule has 0 aliphatic heterocycles. The summed E-state index contributed by atoms with van der Waals surface area (Å²) in [4.78, 5) is 0. The van der Waals surface area contributed by atoms with Gasteiger partial charge in [0.25, 0.3) is 0 Å². The van der Waals surface area contributed by atoms with Crippen LogP contribution in [0, 0.1) is 0 Å². The van der Waals surface area contributed by atoms with Crippen LogP contribution in [0.5, 0.6) is 0 Å². The van der Waals surface area contributed by atoms with E-state index in [0.29, 0.717) is 0 Å². The van der Waals surface area contributed by atoms with Crippen molar-refractivity contribution in [3.8, 4) is 27.9 Å². The van der Waals surface area contributed by atoms with Crippen LogP contribution in [-0.2, 0) is 0 Å². The predicted octanol–water partition coefficient (Wildman–Crippen LogP) is 15.8. The summed E-state index contributed by atoms with van der Waals surface area (Å²) in [5, 5.41) is 17.2. The van der Waals surface area contributed by atoms with Gasteiger partial charge >= 0.3 is 0 Å². The number of benzene rings is 11. The number of aromatic nitrogens is 1. The van der Waals surface area contributed by atoms with Crippen LogP contribution in [0.1, 0.15) is 0 Å². The number of furan rings is 1. The summed E-state index contributed by atoms with van der Waals surface area (Å²) in [6, 6.07) is 73.3. The first kappa shape index (κ1) is 31.5. The van der Waals surface area contributed by atoms with Crippen LogP contribution in [0.3, 0.4) is 0 Å². The van der Waals surface area contributed by atoms with E-state index in [-0.39, 0.29) is 0 Å². The van der Waals surface area contributed by atoms with Crippen molar-refractivity contribution < 1.29 is 4.42 Å². The molecule has 0 aliphatic rings. The Morgan fingerprint density at radius 2 is 0.690 bits per heavy atom. The minimum absolute atomic E-state index is 0.899. The van der Waals surface area contributed by atoms with Gasteiger partial charge in [0.15, 0.2) is 0 Å². The highest BCUT2D eigenvalue weighted by Crippen LogP contribution is 2.47. The van der Waals surface area contributed by atoms with E-state index in [0.717, 1.165) is 21.9 Å². The van der Waals surface area contributed by atoms with Crippen LogP contribution in [0.4, 0.5) is 0 Å².